The van der Waals surface area contributed by atoms with E-state index in [4.69, 9.17) is 128 Å². The van der Waals surface area contributed by atoms with E-state index in [9.17, 15) is 0 Å². The average Bonchev–Trinajstić information content (AvgIpc) is 1.98. The first kappa shape index (κ1) is 19.2. The van der Waals surface area contributed by atoms with E-state index < -0.39 is 21.6 Å². The summed E-state index contributed by atoms with van der Waals surface area (Å²) in [6, 6.07) is 0. The molecule has 0 heterocycles. The summed E-state index contributed by atoms with van der Waals surface area (Å²) >= 11 is 61.5. The lowest BCUT2D eigenvalue weighted by Gasteiger charge is -2.39. The van der Waals surface area contributed by atoms with E-state index in [0.717, 1.165) is 0 Å². The molecule has 0 bridgehead atoms. The number of hydrogen-bond donors (Lipinski definition) is 0. The number of hydrogen-bond acceptors (Lipinski definition) is 0. The van der Waals surface area contributed by atoms with Crippen molar-refractivity contribution < 1.29 is 0 Å². The van der Waals surface area contributed by atoms with Crippen LogP contribution in [0.15, 0.2) is 0 Å². The summed E-state index contributed by atoms with van der Waals surface area (Å²) in [4.78, 5) is 0. The Hall–Kier alpha value is 3.19. The highest BCUT2D eigenvalue weighted by Gasteiger charge is 2.64. The smallest absolute Gasteiger partial charge is 0.110 e. The van der Waals surface area contributed by atoms with E-state index in [1.807, 2.05) is 0 Å². The third-order valence-electron chi connectivity index (χ3n) is 1.26. The Balaban J connectivity index is 5.30. The summed E-state index contributed by atoms with van der Waals surface area (Å²) in [5.74, 6) is 0. The minimum atomic E-state index is -2.26. The predicted molar refractivity (Wildman–Crippen MR) is 78.5 cm³/mol. The van der Waals surface area contributed by atoms with E-state index >= 15 is 0 Å². The van der Waals surface area contributed by atoms with Gasteiger partial charge in [-0.15, -0.1) is 11.6 Å². The molecule has 0 spiro atoms. The summed E-state index contributed by atoms with van der Waals surface area (Å²) < 4.78 is -8.96. The van der Waals surface area contributed by atoms with Crippen LogP contribution in [0.3, 0.4) is 0 Å². The van der Waals surface area contributed by atoms with Crippen LogP contribution >= 0.6 is 128 Å². The number of halogens is 11. The highest BCUT2D eigenvalue weighted by Crippen LogP contribution is 2.63. The van der Waals surface area contributed by atoms with Crippen molar-refractivity contribution in [3.8, 4) is 0 Å². The van der Waals surface area contributed by atoms with Crippen LogP contribution in [0.1, 0.15) is 0 Å². The van der Waals surface area contributed by atoms with Gasteiger partial charge >= 0.3 is 0 Å². The molecule has 0 rings (SSSR count). The van der Waals surface area contributed by atoms with E-state index in [2.05, 4.69) is 0 Å². The topological polar surface area (TPSA) is 0 Å². The summed E-state index contributed by atoms with van der Waals surface area (Å²) in [5.41, 5.74) is 0. The van der Waals surface area contributed by atoms with Gasteiger partial charge in [0.15, 0.2) is 8.67 Å². The lowest BCUT2D eigenvalue weighted by molar-refractivity contribution is 0.752. The van der Waals surface area contributed by atoms with Gasteiger partial charge in [0.25, 0.3) is 0 Å². The molecule has 0 N–H and O–H groups in total. The molecule has 0 aromatic carbocycles. The fourth-order valence-electron chi connectivity index (χ4n) is 0.446. The molecule has 0 aliphatic rings. The van der Waals surface area contributed by atoms with Crippen LogP contribution in [0.2, 0.25) is 0 Å². The van der Waals surface area contributed by atoms with Gasteiger partial charge in [0.2, 0.25) is 7.59 Å². The van der Waals surface area contributed by atoms with Crippen molar-refractivity contribution in [1.29, 1.82) is 0 Å². The quantitative estimate of drug-likeness (QED) is 0.404. The first-order chi connectivity index (χ1) is 6.65. The largest absolute Gasteiger partial charge is 0.224 e. The third kappa shape index (κ3) is 4.09. The van der Waals surface area contributed by atoms with E-state index in [0.29, 0.717) is 0 Å². The highest BCUT2D eigenvalue weighted by molar-refractivity contribution is 6.81. The Morgan fingerprint density at radius 1 is 0.500 bits per heavy atom. The molecule has 0 unspecified atom stereocenters. The molecular weight excluding hydrogens is 450 g/mol. The molecular formula is C5Cl11. The van der Waals surface area contributed by atoms with Crippen molar-refractivity contribution in [2.24, 2.45) is 0 Å². The molecule has 0 aliphatic heterocycles. The Morgan fingerprint density at radius 2 is 0.688 bits per heavy atom. The van der Waals surface area contributed by atoms with Gasteiger partial charge in [-0.25, -0.2) is 0 Å². The maximum Gasteiger partial charge on any atom is 0.224 e. The van der Waals surface area contributed by atoms with Gasteiger partial charge in [0.1, 0.15) is 5.38 Å². The van der Waals surface area contributed by atoms with Gasteiger partial charge in [0.05, 0.1) is 0 Å². The van der Waals surface area contributed by atoms with Gasteiger partial charge in [-0.05, 0) is 0 Å². The second-order valence-electron chi connectivity index (χ2n) is 2.46. The molecule has 0 atom stereocenters. The average molecular weight is 450 g/mol. The molecule has 0 fully saturated rings. The van der Waals surface area contributed by atoms with Crippen molar-refractivity contribution in [3.05, 3.63) is 5.38 Å². The Morgan fingerprint density at radius 3 is 0.812 bits per heavy atom. The number of rotatable bonds is 2. The normalized spacial score (nSPS) is 15.8. The summed E-state index contributed by atoms with van der Waals surface area (Å²) in [5, 5.41) is -0.647. The summed E-state index contributed by atoms with van der Waals surface area (Å²) in [7, 11) is 0. The molecule has 0 aromatic heterocycles. The maximum atomic E-state index is 5.72. The lowest BCUT2D eigenvalue weighted by Crippen LogP contribution is -2.48. The maximum absolute atomic E-state index is 5.72. The minimum absolute atomic E-state index is 0.647. The molecule has 0 nitrogen and oxygen atoms in total. The molecule has 0 aromatic rings. The lowest BCUT2D eigenvalue weighted by atomic mass is 10.2. The predicted octanol–water partition coefficient (Wildman–Crippen LogP) is 6.85. The van der Waals surface area contributed by atoms with Crippen molar-refractivity contribution in [2.75, 3.05) is 0 Å². The fourth-order valence-corrected chi connectivity index (χ4v) is 2.35. The van der Waals surface area contributed by atoms with Crippen LogP contribution in [0.25, 0.3) is 0 Å². The van der Waals surface area contributed by atoms with Gasteiger partial charge in [-0.2, -0.15) is 0 Å². The van der Waals surface area contributed by atoms with Gasteiger partial charge < -0.3 is 0 Å². The SMILES string of the molecule is Cl[C](C(Cl)(Cl)C(Cl)(Cl)Cl)C(Cl)(Cl)C(Cl)(Cl)Cl. The van der Waals surface area contributed by atoms with Crippen molar-refractivity contribution >= 4 is 128 Å². The van der Waals surface area contributed by atoms with Crippen molar-refractivity contribution in [1.82, 2.24) is 0 Å². The van der Waals surface area contributed by atoms with Crippen LogP contribution in [-0.4, -0.2) is 16.3 Å². The van der Waals surface area contributed by atoms with Gasteiger partial charge in [0, 0.05) is 0 Å². The minimum Gasteiger partial charge on any atom is -0.110 e. The molecule has 0 aliphatic carbocycles. The Kier molecular flexibility index (Phi) is 7.07. The highest BCUT2D eigenvalue weighted by atomic mass is 35.6. The Labute approximate surface area is 148 Å². The molecule has 1 radical (unpaired) electrons. The van der Waals surface area contributed by atoms with Crippen molar-refractivity contribution in [3.63, 3.8) is 0 Å². The third-order valence-corrected chi connectivity index (χ3v) is 6.97. The van der Waals surface area contributed by atoms with Crippen LogP contribution < -0.4 is 0 Å². The Bertz CT molecular complexity index is 218. The summed E-state index contributed by atoms with van der Waals surface area (Å²) in [6.07, 6.45) is 0. The van der Waals surface area contributed by atoms with Crippen LogP contribution in [0.5, 0.6) is 0 Å². The van der Waals surface area contributed by atoms with Crippen molar-refractivity contribution in [2.45, 2.75) is 16.3 Å². The van der Waals surface area contributed by atoms with E-state index in [1.165, 1.54) is 0 Å². The van der Waals surface area contributed by atoms with Crippen LogP contribution in [0.4, 0.5) is 0 Å². The first-order valence-electron chi connectivity index (χ1n) is 3.08. The number of alkyl halides is 10. The molecule has 0 amide bonds. The fraction of sp³-hybridized carbons (Fsp3) is 0.800. The standard InChI is InChI=1S/C5Cl11/c6-1(2(7,8)4(11,12)13)3(9,10)5(14,15)16. The van der Waals surface area contributed by atoms with Crippen LogP contribution in [-0.2, 0) is 0 Å². The second-order valence-corrected chi connectivity index (χ2v) is 10.1. The van der Waals surface area contributed by atoms with E-state index in [-0.39, 0.29) is 0 Å². The zero-order valence-corrected chi connectivity index (χ0v) is 15.0. The zero-order chi connectivity index (χ0) is 13.6. The van der Waals surface area contributed by atoms with Crippen LogP contribution in [0, 0.1) is 5.38 Å². The molecule has 0 saturated heterocycles. The second kappa shape index (κ2) is 5.90. The first-order valence-corrected chi connectivity index (χ1v) is 7.24. The summed E-state index contributed by atoms with van der Waals surface area (Å²) in [6.45, 7) is 0. The van der Waals surface area contributed by atoms with Gasteiger partial charge in [-0.1, -0.05) is 116 Å². The van der Waals surface area contributed by atoms with Gasteiger partial charge in [-0.3, -0.25) is 0 Å². The molecule has 16 heavy (non-hydrogen) atoms. The zero-order valence-electron chi connectivity index (χ0n) is 6.66. The monoisotopic (exact) mass is 445 g/mol. The molecule has 11 heteroatoms. The van der Waals surface area contributed by atoms with E-state index in [1.54, 1.807) is 0 Å². The molecule has 97 valence electrons. The molecule has 0 saturated carbocycles.